The minimum Gasteiger partial charge on any atom is -0.500 e. The van der Waals surface area contributed by atoms with E-state index in [9.17, 15) is 0 Å². The molecule has 3 nitrogen and oxygen atoms in total. The van der Waals surface area contributed by atoms with Gasteiger partial charge >= 0.3 is 0 Å². The SMILES string of the molecule is CC1(C)[C@@H]2CC[C@@]1(C)c1c2cnc2c1ccc1cc3c([c-]c12)OCO3.[Ir]. The number of hydrogen-bond donors (Lipinski definition) is 0. The van der Waals surface area contributed by atoms with Gasteiger partial charge in [0.1, 0.15) is 0 Å². The summed E-state index contributed by atoms with van der Waals surface area (Å²) < 4.78 is 11.0. The molecule has 3 aliphatic rings. The van der Waals surface area contributed by atoms with E-state index in [-0.39, 0.29) is 32.3 Å². The molecule has 4 heteroatoms. The molecule has 2 bridgehead atoms. The van der Waals surface area contributed by atoms with Gasteiger partial charge in [-0.2, -0.15) is 0 Å². The third-order valence-electron chi connectivity index (χ3n) is 7.42. The van der Waals surface area contributed by atoms with Crippen molar-refractivity contribution in [3.05, 3.63) is 41.6 Å². The van der Waals surface area contributed by atoms with Crippen molar-refractivity contribution in [2.45, 2.75) is 44.9 Å². The summed E-state index contributed by atoms with van der Waals surface area (Å²) >= 11 is 0. The second kappa shape index (κ2) is 4.99. The fourth-order valence-electron chi connectivity index (χ4n) is 5.67. The Labute approximate surface area is 166 Å². The summed E-state index contributed by atoms with van der Waals surface area (Å²) in [7, 11) is 0. The minimum absolute atomic E-state index is 0. The van der Waals surface area contributed by atoms with E-state index in [0.717, 1.165) is 22.0 Å². The fraction of sp³-hybridized carbons (Fsp3) is 0.409. The number of benzene rings is 2. The Morgan fingerprint density at radius 1 is 1.19 bits per heavy atom. The molecule has 1 fully saturated rings. The summed E-state index contributed by atoms with van der Waals surface area (Å²) in [5.41, 5.74) is 4.54. The van der Waals surface area contributed by atoms with Crippen molar-refractivity contribution in [3.63, 3.8) is 0 Å². The van der Waals surface area contributed by atoms with Crippen molar-refractivity contribution in [1.29, 1.82) is 0 Å². The van der Waals surface area contributed by atoms with Crippen molar-refractivity contribution in [3.8, 4) is 11.5 Å². The molecule has 2 aliphatic carbocycles. The van der Waals surface area contributed by atoms with Crippen LogP contribution in [0.1, 0.15) is 50.7 Å². The van der Waals surface area contributed by atoms with Gasteiger partial charge in [0.05, 0.1) is 11.5 Å². The molecule has 0 amide bonds. The maximum Gasteiger partial charge on any atom is 0.218 e. The first-order valence-electron chi connectivity index (χ1n) is 9.08. The zero-order valence-corrected chi connectivity index (χ0v) is 17.5. The van der Waals surface area contributed by atoms with Crippen LogP contribution in [0.2, 0.25) is 0 Å². The second-order valence-electron chi connectivity index (χ2n) is 8.53. The molecule has 0 N–H and O–H groups in total. The fourth-order valence-corrected chi connectivity index (χ4v) is 5.67. The third kappa shape index (κ3) is 1.70. The van der Waals surface area contributed by atoms with Gasteiger partial charge in [0.2, 0.25) is 6.79 Å². The van der Waals surface area contributed by atoms with Gasteiger partial charge in [-0.15, -0.1) is 10.8 Å². The third-order valence-corrected chi connectivity index (χ3v) is 7.42. The van der Waals surface area contributed by atoms with Gasteiger partial charge in [0.25, 0.3) is 0 Å². The standard InChI is InChI=1S/C22H20NO2.Ir/c1-21(2)16-6-7-22(21,3)19-13-5-4-12-8-17-18(25-11-24-17)9-14(12)20(13)23-10-15(16)19;/h4-5,8,10,16H,6-7,11H2,1-3H3;/q-1;/t16-,22+;/m1./s1. The van der Waals surface area contributed by atoms with E-state index in [2.05, 4.69) is 45.2 Å². The molecule has 26 heavy (non-hydrogen) atoms. The first-order valence-corrected chi connectivity index (χ1v) is 9.08. The summed E-state index contributed by atoms with van der Waals surface area (Å²) in [6.45, 7) is 7.59. The molecule has 2 heterocycles. The van der Waals surface area contributed by atoms with Crippen molar-refractivity contribution >= 4 is 21.7 Å². The number of nitrogens with zero attached hydrogens (tertiary/aromatic N) is 1. The number of pyridine rings is 1. The van der Waals surface area contributed by atoms with Gasteiger partial charge < -0.3 is 14.5 Å². The number of aromatic nitrogens is 1. The van der Waals surface area contributed by atoms with E-state index >= 15 is 0 Å². The van der Waals surface area contributed by atoms with Crippen molar-refractivity contribution < 1.29 is 29.6 Å². The largest absolute Gasteiger partial charge is 0.500 e. The number of hydrogen-bond acceptors (Lipinski definition) is 3. The van der Waals surface area contributed by atoms with Gasteiger partial charge in [-0.05, 0) is 51.6 Å². The minimum atomic E-state index is 0. The molecule has 6 rings (SSSR count). The summed E-state index contributed by atoms with van der Waals surface area (Å²) in [5, 5.41) is 3.43. The van der Waals surface area contributed by atoms with Gasteiger partial charge in [-0.25, -0.2) is 0 Å². The van der Waals surface area contributed by atoms with Gasteiger partial charge in [-0.1, -0.05) is 45.0 Å². The predicted molar refractivity (Wildman–Crippen MR) is 97.3 cm³/mol. The maximum atomic E-state index is 5.54. The Morgan fingerprint density at radius 2 is 2.04 bits per heavy atom. The van der Waals surface area contributed by atoms with Crippen LogP contribution < -0.4 is 9.47 Å². The van der Waals surface area contributed by atoms with E-state index in [1.807, 2.05) is 6.07 Å². The quantitative estimate of drug-likeness (QED) is 0.305. The molecule has 2 atom stereocenters. The van der Waals surface area contributed by atoms with E-state index in [0.29, 0.717) is 17.1 Å². The Hall–Kier alpha value is -1.64. The monoisotopic (exact) mass is 523 g/mol. The molecule has 1 saturated carbocycles. The van der Waals surface area contributed by atoms with Crippen LogP contribution in [0.15, 0.2) is 24.4 Å². The van der Waals surface area contributed by atoms with E-state index < -0.39 is 0 Å². The number of fused-ring (bicyclic) bond motifs is 10. The molecule has 1 aromatic heterocycles. The summed E-state index contributed by atoms with van der Waals surface area (Å²) in [4.78, 5) is 4.89. The average Bonchev–Trinajstić information content (AvgIpc) is 3.19. The molecular weight excluding hydrogens is 502 g/mol. The molecule has 1 radical (unpaired) electrons. The molecule has 0 unspecified atom stereocenters. The molecule has 0 saturated heterocycles. The van der Waals surface area contributed by atoms with E-state index in [4.69, 9.17) is 14.5 Å². The molecule has 2 aromatic carbocycles. The number of rotatable bonds is 0. The maximum absolute atomic E-state index is 5.54. The first-order chi connectivity index (χ1) is 12.0. The zero-order chi connectivity index (χ0) is 17.0. The Bertz CT molecular complexity index is 1090. The van der Waals surface area contributed by atoms with Crippen molar-refractivity contribution in [1.82, 2.24) is 4.98 Å². The molecule has 3 aromatic rings. The second-order valence-corrected chi connectivity index (χ2v) is 8.53. The van der Waals surface area contributed by atoms with Crippen LogP contribution in [0.5, 0.6) is 11.5 Å². The van der Waals surface area contributed by atoms with Gasteiger partial charge in [0.15, 0.2) is 0 Å². The van der Waals surface area contributed by atoms with Crippen LogP contribution in [0.25, 0.3) is 21.7 Å². The first kappa shape index (κ1) is 16.5. The normalized spacial score (nSPS) is 27.0. The molecule has 0 spiro atoms. The Balaban J connectivity index is 0.00000150. The molecular formula is C22H20IrNO2-. The van der Waals surface area contributed by atoms with Crippen LogP contribution >= 0.6 is 0 Å². The van der Waals surface area contributed by atoms with Crippen LogP contribution in [-0.4, -0.2) is 11.8 Å². The van der Waals surface area contributed by atoms with E-state index in [1.54, 1.807) is 0 Å². The Morgan fingerprint density at radius 3 is 2.88 bits per heavy atom. The molecule has 1 aliphatic heterocycles. The van der Waals surface area contributed by atoms with Crippen LogP contribution in [-0.2, 0) is 25.5 Å². The van der Waals surface area contributed by atoms with Crippen LogP contribution in [0.3, 0.4) is 0 Å². The zero-order valence-electron chi connectivity index (χ0n) is 15.1. The number of ether oxygens (including phenoxy) is 2. The topological polar surface area (TPSA) is 31.4 Å². The van der Waals surface area contributed by atoms with Gasteiger partial charge in [-0.3, -0.25) is 0 Å². The predicted octanol–water partition coefficient (Wildman–Crippen LogP) is 5.09. The smallest absolute Gasteiger partial charge is 0.218 e. The summed E-state index contributed by atoms with van der Waals surface area (Å²) in [6, 6.07) is 9.88. The van der Waals surface area contributed by atoms with Crippen LogP contribution in [0.4, 0.5) is 0 Å². The van der Waals surface area contributed by atoms with Crippen LogP contribution in [0, 0.1) is 11.5 Å². The molecule has 135 valence electrons. The summed E-state index contributed by atoms with van der Waals surface area (Å²) in [6.07, 6.45) is 4.67. The summed E-state index contributed by atoms with van der Waals surface area (Å²) in [5.74, 6) is 2.11. The van der Waals surface area contributed by atoms with E-state index in [1.165, 1.54) is 29.4 Å². The van der Waals surface area contributed by atoms with Gasteiger partial charge in [0, 0.05) is 26.3 Å². The average molecular weight is 523 g/mol. The van der Waals surface area contributed by atoms with Crippen molar-refractivity contribution in [2.24, 2.45) is 5.41 Å². The van der Waals surface area contributed by atoms with Crippen molar-refractivity contribution in [2.75, 3.05) is 6.79 Å². The Kier molecular flexibility index (Phi) is 3.17.